The lowest BCUT2D eigenvalue weighted by atomic mass is 10.1. The molecule has 0 saturated heterocycles. The number of carbonyl (C=O) groups excluding carboxylic acids is 3. The van der Waals surface area contributed by atoms with Crippen LogP contribution in [0.3, 0.4) is 0 Å². The largest absolute Gasteiger partial charge is 0.494 e. The van der Waals surface area contributed by atoms with Gasteiger partial charge in [-0.25, -0.2) is 14.4 Å². The predicted molar refractivity (Wildman–Crippen MR) is 165 cm³/mol. The predicted octanol–water partition coefficient (Wildman–Crippen LogP) is 8.21. The first-order valence-corrected chi connectivity index (χ1v) is 14.8. The summed E-state index contributed by atoms with van der Waals surface area (Å²) in [6.07, 6.45) is -7.27. The molecule has 3 rings (SSSR count). The maximum atomic E-state index is 12.6. The number of rotatable bonds is 17. The second-order valence-corrected chi connectivity index (χ2v) is 10.3. The van der Waals surface area contributed by atoms with Crippen LogP contribution in [0.1, 0.15) is 36.0 Å². The first-order chi connectivity index (χ1) is 23.1. The Morgan fingerprint density at radius 1 is 0.510 bits per heavy atom. The van der Waals surface area contributed by atoms with E-state index in [1.54, 1.807) is 72.8 Å². The third-order valence-electron chi connectivity index (χ3n) is 6.65. The van der Waals surface area contributed by atoms with Crippen LogP contribution in [0, 0.1) is 0 Å². The van der Waals surface area contributed by atoms with Gasteiger partial charge >= 0.3 is 30.3 Å². The van der Waals surface area contributed by atoms with E-state index in [-0.39, 0.29) is 19.8 Å². The van der Waals surface area contributed by atoms with Gasteiger partial charge in [0.25, 0.3) is 0 Å². The monoisotopic (exact) mass is 694 g/mol. The number of carbonyl (C=O) groups is 3. The van der Waals surface area contributed by atoms with Crippen LogP contribution in [-0.2, 0) is 19.1 Å². The fourth-order valence-electron chi connectivity index (χ4n) is 3.92. The van der Waals surface area contributed by atoms with Crippen molar-refractivity contribution in [2.24, 2.45) is 0 Å². The molecule has 0 spiro atoms. The molecule has 49 heavy (non-hydrogen) atoms. The SMILES string of the molecule is C=C(C(=O)OCCCCCCOc1ccc(C(=O)Oc2ccc(-c3ccc(OCCOC(=O)C(=C)C(F)(F)F)cc3)cc2)cc1)C(F)(F)F. The maximum Gasteiger partial charge on any atom is 0.422 e. The molecule has 0 aliphatic rings. The van der Waals surface area contributed by atoms with Crippen LogP contribution in [0.25, 0.3) is 11.1 Å². The van der Waals surface area contributed by atoms with E-state index < -0.39 is 41.4 Å². The van der Waals surface area contributed by atoms with Gasteiger partial charge in [0, 0.05) is 0 Å². The molecule has 8 nitrogen and oxygen atoms in total. The zero-order valence-corrected chi connectivity index (χ0v) is 26.0. The molecule has 0 radical (unpaired) electrons. The summed E-state index contributed by atoms with van der Waals surface area (Å²) in [5, 5.41) is 0. The van der Waals surface area contributed by atoms with Crippen molar-refractivity contribution in [3.8, 4) is 28.4 Å². The maximum absolute atomic E-state index is 12.6. The summed E-state index contributed by atoms with van der Waals surface area (Å²) in [5.74, 6) is -2.35. The molecule has 0 aromatic heterocycles. The van der Waals surface area contributed by atoms with Crippen LogP contribution in [0.4, 0.5) is 26.3 Å². The molecule has 0 atom stereocenters. The average Bonchev–Trinajstić information content (AvgIpc) is 3.07. The summed E-state index contributed by atoms with van der Waals surface area (Å²) in [5.41, 5.74) is -1.20. The van der Waals surface area contributed by atoms with E-state index >= 15 is 0 Å². The normalized spacial score (nSPS) is 11.3. The Labute approximate surface area is 277 Å². The molecule has 0 aliphatic carbocycles. The number of unbranched alkanes of at least 4 members (excludes halogenated alkanes) is 3. The van der Waals surface area contributed by atoms with Gasteiger partial charge in [0.2, 0.25) is 0 Å². The Bertz CT molecular complexity index is 1580. The summed E-state index contributed by atoms with van der Waals surface area (Å²) in [6.45, 7) is 5.05. The highest BCUT2D eigenvalue weighted by Gasteiger charge is 2.38. The van der Waals surface area contributed by atoms with Crippen LogP contribution < -0.4 is 14.2 Å². The van der Waals surface area contributed by atoms with Gasteiger partial charge in [0.1, 0.15) is 41.6 Å². The molecule has 3 aromatic carbocycles. The van der Waals surface area contributed by atoms with Gasteiger partial charge in [-0.15, -0.1) is 0 Å². The second-order valence-electron chi connectivity index (χ2n) is 10.3. The van der Waals surface area contributed by atoms with E-state index in [0.717, 1.165) is 11.1 Å². The van der Waals surface area contributed by atoms with Crippen LogP contribution in [-0.4, -0.2) is 56.7 Å². The van der Waals surface area contributed by atoms with E-state index in [2.05, 4.69) is 22.6 Å². The Hall–Kier alpha value is -5.27. The van der Waals surface area contributed by atoms with Crippen molar-refractivity contribution in [3.05, 3.63) is 103 Å². The van der Waals surface area contributed by atoms with Crippen molar-refractivity contribution in [2.75, 3.05) is 26.4 Å². The van der Waals surface area contributed by atoms with Crippen molar-refractivity contribution in [1.29, 1.82) is 0 Å². The van der Waals surface area contributed by atoms with Crippen molar-refractivity contribution in [3.63, 3.8) is 0 Å². The Morgan fingerprint density at radius 3 is 1.41 bits per heavy atom. The molecular weight excluding hydrogens is 662 g/mol. The van der Waals surface area contributed by atoms with E-state index in [4.69, 9.17) is 14.2 Å². The van der Waals surface area contributed by atoms with Crippen LogP contribution >= 0.6 is 0 Å². The lowest BCUT2D eigenvalue weighted by Crippen LogP contribution is -2.22. The van der Waals surface area contributed by atoms with E-state index in [9.17, 15) is 40.7 Å². The first kappa shape index (κ1) is 38.2. The van der Waals surface area contributed by atoms with Crippen molar-refractivity contribution >= 4 is 17.9 Å². The minimum Gasteiger partial charge on any atom is -0.494 e. The average molecular weight is 695 g/mol. The van der Waals surface area contributed by atoms with Crippen molar-refractivity contribution in [2.45, 2.75) is 38.0 Å². The summed E-state index contributed by atoms with van der Waals surface area (Å²) in [6, 6.07) is 19.9. The highest BCUT2D eigenvalue weighted by Crippen LogP contribution is 2.27. The molecule has 0 N–H and O–H groups in total. The van der Waals surface area contributed by atoms with Gasteiger partial charge < -0.3 is 23.7 Å². The summed E-state index contributed by atoms with van der Waals surface area (Å²) >= 11 is 0. The first-order valence-electron chi connectivity index (χ1n) is 14.8. The summed E-state index contributed by atoms with van der Waals surface area (Å²) in [7, 11) is 0. The quantitative estimate of drug-likeness (QED) is 0.0459. The minimum atomic E-state index is -4.86. The van der Waals surface area contributed by atoms with Gasteiger partial charge in [0.15, 0.2) is 0 Å². The van der Waals surface area contributed by atoms with E-state index in [0.29, 0.717) is 55.1 Å². The minimum absolute atomic E-state index is 0.133. The number of benzene rings is 3. The second kappa shape index (κ2) is 17.8. The van der Waals surface area contributed by atoms with Gasteiger partial charge in [-0.2, -0.15) is 26.3 Å². The Balaban J connectivity index is 1.34. The molecule has 3 aromatic rings. The number of ether oxygens (including phenoxy) is 5. The van der Waals surface area contributed by atoms with Gasteiger partial charge in [-0.3, -0.25) is 0 Å². The lowest BCUT2D eigenvalue weighted by Gasteiger charge is -2.11. The van der Waals surface area contributed by atoms with Crippen molar-refractivity contribution in [1.82, 2.24) is 0 Å². The standard InChI is InChI=1S/C35H32F6O8/c1-23(34(36,37)38)31(42)47-20-6-4-3-5-19-45-28-15-11-27(12-16-28)33(44)49-30-17-9-26(10-18-30)25-7-13-29(14-8-25)46-21-22-48-32(43)24(2)35(39,40)41/h7-18H,1-6,19-22H2. The van der Waals surface area contributed by atoms with E-state index in [1.165, 1.54) is 0 Å². The number of hydrogen-bond acceptors (Lipinski definition) is 8. The number of esters is 3. The Morgan fingerprint density at radius 2 is 0.918 bits per heavy atom. The summed E-state index contributed by atoms with van der Waals surface area (Å²) < 4.78 is 100. The van der Waals surface area contributed by atoms with Gasteiger partial charge in [-0.05, 0) is 85.3 Å². The van der Waals surface area contributed by atoms with Crippen LogP contribution in [0.2, 0.25) is 0 Å². The van der Waals surface area contributed by atoms with Gasteiger partial charge in [0.05, 0.1) is 18.8 Å². The molecule has 0 amide bonds. The fraction of sp³-hybridized carbons (Fsp3) is 0.286. The summed E-state index contributed by atoms with van der Waals surface area (Å²) in [4.78, 5) is 35.2. The highest BCUT2D eigenvalue weighted by atomic mass is 19.4. The smallest absolute Gasteiger partial charge is 0.422 e. The molecule has 0 bridgehead atoms. The molecule has 262 valence electrons. The number of halogens is 6. The van der Waals surface area contributed by atoms with Crippen LogP contribution in [0.15, 0.2) is 97.1 Å². The molecule has 14 heteroatoms. The third-order valence-corrected chi connectivity index (χ3v) is 6.65. The van der Waals surface area contributed by atoms with Gasteiger partial charge in [-0.1, -0.05) is 37.4 Å². The number of hydrogen-bond donors (Lipinski definition) is 0. The lowest BCUT2D eigenvalue weighted by molar-refractivity contribution is -0.152. The Kier molecular flexibility index (Phi) is 13.8. The van der Waals surface area contributed by atoms with E-state index in [1.807, 2.05) is 0 Å². The zero-order chi connectivity index (χ0) is 36.0. The molecule has 0 saturated carbocycles. The molecule has 0 aliphatic heterocycles. The van der Waals surface area contributed by atoms with Crippen molar-refractivity contribution < 1.29 is 64.4 Å². The molecule has 0 heterocycles. The molecular formula is C35H32F6O8. The fourth-order valence-corrected chi connectivity index (χ4v) is 3.92. The third kappa shape index (κ3) is 12.7. The molecule has 0 unspecified atom stereocenters. The zero-order valence-electron chi connectivity index (χ0n) is 26.0. The molecule has 0 fully saturated rings. The topological polar surface area (TPSA) is 97.4 Å². The number of alkyl halides is 6. The highest BCUT2D eigenvalue weighted by molar-refractivity contribution is 5.91. The van der Waals surface area contributed by atoms with Crippen LogP contribution in [0.5, 0.6) is 17.2 Å².